The summed E-state index contributed by atoms with van der Waals surface area (Å²) >= 11 is 0. The third-order valence-corrected chi connectivity index (χ3v) is 6.80. The van der Waals surface area contributed by atoms with E-state index < -0.39 is 0 Å². The molecule has 3 unspecified atom stereocenters. The lowest BCUT2D eigenvalue weighted by Crippen LogP contribution is -2.26. The number of hydrogen-bond acceptors (Lipinski definition) is 3. The minimum Gasteiger partial charge on any atom is -0.366 e. The van der Waals surface area contributed by atoms with Crippen LogP contribution < -0.4 is 5.32 Å². The number of benzene rings is 2. The van der Waals surface area contributed by atoms with Gasteiger partial charge < -0.3 is 5.32 Å². The summed E-state index contributed by atoms with van der Waals surface area (Å²) in [4.78, 5) is 8.86. The fourth-order valence-electron chi connectivity index (χ4n) is 4.88. The molecule has 0 fully saturated rings. The van der Waals surface area contributed by atoms with Gasteiger partial charge in [-0.05, 0) is 59.6 Å². The second-order valence-electron chi connectivity index (χ2n) is 9.02. The number of hydrogen-bond donors (Lipinski definition) is 1. The van der Waals surface area contributed by atoms with E-state index >= 15 is 0 Å². The predicted molar refractivity (Wildman–Crippen MR) is 145 cm³/mol. The first-order valence-corrected chi connectivity index (χ1v) is 12.2. The first kappa shape index (κ1) is 22.1. The van der Waals surface area contributed by atoms with Crippen LogP contribution in [0.4, 0.5) is 0 Å². The highest BCUT2D eigenvalue weighted by Gasteiger charge is 2.15. The molecule has 0 radical (unpaired) electrons. The molecule has 0 saturated heterocycles. The van der Waals surface area contributed by atoms with Gasteiger partial charge in [-0.15, -0.1) is 6.58 Å². The summed E-state index contributed by atoms with van der Waals surface area (Å²) in [6.45, 7) is 4.13. The zero-order valence-electron chi connectivity index (χ0n) is 19.5. The van der Waals surface area contributed by atoms with Gasteiger partial charge >= 0.3 is 0 Å². The van der Waals surface area contributed by atoms with Gasteiger partial charge in [0.1, 0.15) is 0 Å². The topological polar surface area (TPSA) is 36.8 Å². The predicted octanol–water partition coefficient (Wildman–Crippen LogP) is 6.97. The molecule has 3 atom stereocenters. The van der Waals surface area contributed by atoms with E-state index in [0.29, 0.717) is 11.8 Å². The molecule has 2 aromatic rings. The molecule has 2 aromatic carbocycles. The van der Waals surface area contributed by atoms with Crippen molar-refractivity contribution in [3.8, 4) is 0 Å². The van der Waals surface area contributed by atoms with Gasteiger partial charge in [-0.1, -0.05) is 78.9 Å². The standard InChI is InChI=1S/C31H31N3/c1-2-23(29-14-6-10-25-8-3-4-13-30(25)29)9-5-12-28-20-31(34-22-33-28)26-17-15-24(16-18-26)27-11-7-19-32-21-27/h2,4-7,10,12-23,27-28H,1,3,8-9,11H2,(H,33,34)/b12-5+. The Hall–Kier alpha value is -3.72. The zero-order valence-corrected chi connectivity index (χ0v) is 19.5. The number of fused-ring (bicyclic) bond motifs is 1. The van der Waals surface area contributed by atoms with Crippen LogP contribution in [0.5, 0.6) is 0 Å². The molecular weight excluding hydrogens is 414 g/mol. The van der Waals surface area contributed by atoms with Crippen LogP contribution in [0.1, 0.15) is 58.9 Å². The van der Waals surface area contributed by atoms with Crippen molar-refractivity contribution < 1.29 is 0 Å². The Labute approximate surface area is 202 Å². The molecule has 3 heteroatoms. The molecule has 2 aliphatic heterocycles. The highest BCUT2D eigenvalue weighted by Crippen LogP contribution is 2.31. The number of allylic oxidation sites excluding steroid dienone is 4. The molecule has 0 saturated carbocycles. The van der Waals surface area contributed by atoms with Gasteiger partial charge in [-0.25, -0.2) is 4.99 Å². The van der Waals surface area contributed by atoms with Crippen LogP contribution in [0, 0.1) is 0 Å². The third kappa shape index (κ3) is 4.94. The maximum absolute atomic E-state index is 4.58. The fraction of sp³-hybridized carbons (Fsp3) is 0.226. The van der Waals surface area contributed by atoms with Gasteiger partial charge in [0.15, 0.2) is 0 Å². The molecule has 170 valence electrons. The summed E-state index contributed by atoms with van der Waals surface area (Å²) in [5.74, 6) is 0.670. The van der Waals surface area contributed by atoms with E-state index in [2.05, 4.69) is 107 Å². The van der Waals surface area contributed by atoms with Crippen LogP contribution in [-0.4, -0.2) is 18.6 Å². The molecule has 2 heterocycles. The van der Waals surface area contributed by atoms with Crippen LogP contribution in [0.25, 0.3) is 11.8 Å². The maximum Gasteiger partial charge on any atom is 0.0893 e. The van der Waals surface area contributed by atoms with Crippen LogP contribution >= 0.6 is 0 Å². The molecule has 0 bridgehead atoms. The molecule has 1 N–H and O–H groups in total. The van der Waals surface area contributed by atoms with Gasteiger partial charge in [0.05, 0.1) is 18.1 Å². The Morgan fingerprint density at radius 2 is 2.03 bits per heavy atom. The van der Waals surface area contributed by atoms with Crippen molar-refractivity contribution >= 4 is 24.3 Å². The second-order valence-corrected chi connectivity index (χ2v) is 9.02. The van der Waals surface area contributed by atoms with Gasteiger partial charge in [0.2, 0.25) is 0 Å². The molecule has 0 aromatic heterocycles. The molecular formula is C31H31N3. The highest BCUT2D eigenvalue weighted by atomic mass is 15.0. The summed E-state index contributed by atoms with van der Waals surface area (Å²) in [5, 5.41) is 3.35. The van der Waals surface area contributed by atoms with Crippen molar-refractivity contribution in [2.75, 3.05) is 0 Å². The highest BCUT2D eigenvalue weighted by molar-refractivity contribution is 5.77. The van der Waals surface area contributed by atoms with E-state index in [4.69, 9.17) is 0 Å². The van der Waals surface area contributed by atoms with Gasteiger partial charge in [-0.3, -0.25) is 4.99 Å². The van der Waals surface area contributed by atoms with Gasteiger partial charge in [0, 0.05) is 24.3 Å². The Morgan fingerprint density at radius 3 is 2.85 bits per heavy atom. The Kier molecular flexibility index (Phi) is 6.81. The van der Waals surface area contributed by atoms with Crippen LogP contribution in [0.3, 0.4) is 0 Å². The minimum absolute atomic E-state index is 0.123. The molecule has 0 spiro atoms. The van der Waals surface area contributed by atoms with Crippen LogP contribution in [0.15, 0.2) is 102 Å². The molecule has 0 amide bonds. The number of aliphatic imine (C=N–C) groups is 2. The number of rotatable bonds is 7. The van der Waals surface area contributed by atoms with E-state index in [-0.39, 0.29) is 6.04 Å². The van der Waals surface area contributed by atoms with Gasteiger partial charge in [-0.2, -0.15) is 0 Å². The lowest BCUT2D eigenvalue weighted by molar-refractivity contribution is 0.833. The Morgan fingerprint density at radius 1 is 1.12 bits per heavy atom. The zero-order chi connectivity index (χ0) is 23.2. The maximum atomic E-state index is 4.58. The van der Waals surface area contributed by atoms with Crippen molar-refractivity contribution in [1.82, 2.24) is 5.32 Å². The van der Waals surface area contributed by atoms with Crippen LogP contribution in [-0.2, 0) is 6.42 Å². The quantitative estimate of drug-likeness (QED) is 0.459. The average molecular weight is 446 g/mol. The molecule has 3 nitrogen and oxygen atoms in total. The number of nitrogens with one attached hydrogen (secondary N) is 1. The Balaban J connectivity index is 1.26. The molecule has 34 heavy (non-hydrogen) atoms. The van der Waals surface area contributed by atoms with Crippen LogP contribution in [0.2, 0.25) is 0 Å². The van der Waals surface area contributed by atoms with E-state index in [1.165, 1.54) is 22.3 Å². The first-order valence-electron chi connectivity index (χ1n) is 12.2. The summed E-state index contributed by atoms with van der Waals surface area (Å²) in [5.41, 5.74) is 7.64. The fourth-order valence-corrected chi connectivity index (χ4v) is 4.88. The van der Waals surface area contributed by atoms with E-state index in [1.807, 2.05) is 12.4 Å². The SMILES string of the molecule is C=CC(C/C=C/C1C=C(c2ccc(C3C=NC=CC3)cc2)N=CN1)c1cccc2c1C=CCC2. The largest absolute Gasteiger partial charge is 0.366 e. The normalized spacial score (nSPS) is 21.7. The van der Waals surface area contributed by atoms with E-state index in [0.717, 1.165) is 36.9 Å². The summed E-state index contributed by atoms with van der Waals surface area (Å²) in [7, 11) is 0. The lowest BCUT2D eigenvalue weighted by Gasteiger charge is -2.20. The van der Waals surface area contributed by atoms with E-state index in [1.54, 1.807) is 6.34 Å². The number of nitrogens with zero attached hydrogens (tertiary/aromatic N) is 2. The average Bonchev–Trinajstić information content (AvgIpc) is 2.92. The monoisotopic (exact) mass is 445 g/mol. The van der Waals surface area contributed by atoms with Crippen molar-refractivity contribution in [1.29, 1.82) is 0 Å². The lowest BCUT2D eigenvalue weighted by atomic mass is 9.85. The first-order chi connectivity index (χ1) is 16.8. The summed E-state index contributed by atoms with van der Waals surface area (Å²) < 4.78 is 0. The second kappa shape index (κ2) is 10.5. The summed E-state index contributed by atoms with van der Waals surface area (Å²) in [6.07, 6.45) is 25.3. The molecule has 5 rings (SSSR count). The smallest absolute Gasteiger partial charge is 0.0893 e. The van der Waals surface area contributed by atoms with Crippen molar-refractivity contribution in [2.24, 2.45) is 9.98 Å². The number of aryl methyl sites for hydroxylation is 1. The van der Waals surface area contributed by atoms with Crippen molar-refractivity contribution in [3.05, 3.63) is 120 Å². The molecule has 3 aliphatic rings. The van der Waals surface area contributed by atoms with Gasteiger partial charge in [0.25, 0.3) is 0 Å². The van der Waals surface area contributed by atoms with Crippen molar-refractivity contribution in [3.63, 3.8) is 0 Å². The van der Waals surface area contributed by atoms with E-state index in [9.17, 15) is 0 Å². The van der Waals surface area contributed by atoms with Crippen molar-refractivity contribution in [2.45, 2.75) is 43.6 Å². The molecule has 1 aliphatic carbocycles. The minimum atomic E-state index is 0.123. The Bertz CT molecular complexity index is 1210. The summed E-state index contributed by atoms with van der Waals surface area (Å²) in [6, 6.07) is 15.5. The third-order valence-electron chi connectivity index (χ3n) is 6.80.